The van der Waals surface area contributed by atoms with Crippen LogP contribution in [0.25, 0.3) is 11.0 Å². The number of para-hydroxylation sites is 1. The van der Waals surface area contributed by atoms with Gasteiger partial charge in [0, 0.05) is 0 Å². The molecule has 0 aliphatic carbocycles. The van der Waals surface area contributed by atoms with Crippen molar-refractivity contribution in [1.29, 1.82) is 0 Å². The molecule has 0 bridgehead atoms. The van der Waals surface area contributed by atoms with Crippen molar-refractivity contribution in [3.63, 3.8) is 0 Å². The molecule has 0 saturated heterocycles. The Morgan fingerprint density at radius 2 is 2.29 bits per heavy atom. The van der Waals surface area contributed by atoms with E-state index in [1.54, 1.807) is 11.6 Å². The first kappa shape index (κ1) is 11.5. The van der Waals surface area contributed by atoms with Gasteiger partial charge in [0.15, 0.2) is 0 Å². The lowest BCUT2D eigenvalue weighted by Gasteiger charge is -2.11. The number of hydrogen-bond donors (Lipinski definition) is 1. The number of hydrogen-bond acceptors (Lipinski definition) is 5. The third-order valence-electron chi connectivity index (χ3n) is 2.52. The highest BCUT2D eigenvalue weighted by Gasteiger charge is 2.12. The summed E-state index contributed by atoms with van der Waals surface area (Å²) in [7, 11) is 1.37. The van der Waals surface area contributed by atoms with Crippen LogP contribution in [0.1, 0.15) is 6.92 Å². The van der Waals surface area contributed by atoms with E-state index in [1.165, 1.54) is 7.11 Å². The molecule has 1 N–H and O–H groups in total. The van der Waals surface area contributed by atoms with Crippen LogP contribution < -0.4 is 5.32 Å². The zero-order valence-electron chi connectivity index (χ0n) is 9.75. The van der Waals surface area contributed by atoms with Gasteiger partial charge < -0.3 is 4.74 Å². The fourth-order valence-corrected chi connectivity index (χ4v) is 1.52. The third-order valence-corrected chi connectivity index (χ3v) is 2.52. The van der Waals surface area contributed by atoms with Gasteiger partial charge in [-0.25, -0.2) is 4.68 Å². The summed E-state index contributed by atoms with van der Waals surface area (Å²) in [5, 5.41) is 11.0. The third kappa shape index (κ3) is 2.42. The number of rotatable bonds is 4. The lowest BCUT2D eigenvalue weighted by molar-refractivity contribution is -0.142. The van der Waals surface area contributed by atoms with Gasteiger partial charge in [-0.05, 0) is 19.1 Å². The Kier molecular flexibility index (Phi) is 3.34. The monoisotopic (exact) mass is 234 g/mol. The molecule has 0 fully saturated rings. The van der Waals surface area contributed by atoms with Crippen LogP contribution in [-0.2, 0) is 16.2 Å². The minimum atomic E-state index is -0.372. The second-order valence-electron chi connectivity index (χ2n) is 3.68. The van der Waals surface area contributed by atoms with E-state index in [4.69, 9.17) is 0 Å². The van der Waals surface area contributed by atoms with Crippen molar-refractivity contribution in [3.05, 3.63) is 24.3 Å². The molecule has 0 saturated carbocycles. The minimum Gasteiger partial charge on any atom is -0.468 e. The lowest BCUT2D eigenvalue weighted by Crippen LogP contribution is -2.36. The Hall–Kier alpha value is -1.95. The van der Waals surface area contributed by atoms with Gasteiger partial charge in [-0.3, -0.25) is 10.1 Å². The zero-order valence-corrected chi connectivity index (χ0v) is 9.75. The van der Waals surface area contributed by atoms with E-state index in [2.05, 4.69) is 20.4 Å². The molecule has 0 aliphatic heterocycles. The van der Waals surface area contributed by atoms with Gasteiger partial charge in [-0.2, -0.15) is 0 Å². The highest BCUT2D eigenvalue weighted by Crippen LogP contribution is 2.08. The molecule has 17 heavy (non-hydrogen) atoms. The maximum atomic E-state index is 11.2. The molecule has 0 unspecified atom stereocenters. The van der Waals surface area contributed by atoms with Gasteiger partial charge in [0.25, 0.3) is 0 Å². The van der Waals surface area contributed by atoms with Crippen LogP contribution in [-0.4, -0.2) is 34.1 Å². The summed E-state index contributed by atoms with van der Waals surface area (Å²) in [5.41, 5.74) is 1.76. The number of benzene rings is 1. The predicted octanol–water partition coefficient (Wildman–Crippen LogP) is 0.540. The number of fused-ring (bicyclic) bond motifs is 1. The van der Waals surface area contributed by atoms with E-state index in [0.29, 0.717) is 6.67 Å². The van der Waals surface area contributed by atoms with Crippen molar-refractivity contribution < 1.29 is 9.53 Å². The van der Waals surface area contributed by atoms with Crippen molar-refractivity contribution in [3.8, 4) is 0 Å². The largest absolute Gasteiger partial charge is 0.468 e. The van der Waals surface area contributed by atoms with Crippen molar-refractivity contribution in [2.24, 2.45) is 0 Å². The molecule has 0 aliphatic rings. The Labute approximate surface area is 98.6 Å². The van der Waals surface area contributed by atoms with Crippen LogP contribution >= 0.6 is 0 Å². The Bertz CT molecular complexity index is 523. The number of nitrogens with one attached hydrogen (secondary N) is 1. The van der Waals surface area contributed by atoms with Crippen LogP contribution in [0.3, 0.4) is 0 Å². The fourth-order valence-electron chi connectivity index (χ4n) is 1.52. The van der Waals surface area contributed by atoms with E-state index in [0.717, 1.165) is 11.0 Å². The van der Waals surface area contributed by atoms with Crippen LogP contribution in [0.2, 0.25) is 0 Å². The van der Waals surface area contributed by atoms with E-state index in [-0.39, 0.29) is 12.0 Å². The first-order valence-corrected chi connectivity index (χ1v) is 5.32. The predicted molar refractivity (Wildman–Crippen MR) is 62.1 cm³/mol. The van der Waals surface area contributed by atoms with Gasteiger partial charge in [0.05, 0.1) is 19.3 Å². The van der Waals surface area contributed by atoms with Gasteiger partial charge in [-0.15, -0.1) is 5.10 Å². The molecule has 1 aromatic heterocycles. The summed E-state index contributed by atoms with van der Waals surface area (Å²) in [6.07, 6.45) is 0. The number of carbonyl (C=O) groups excluding carboxylic acids is 1. The molecule has 0 amide bonds. The molecular formula is C11H14N4O2. The summed E-state index contributed by atoms with van der Waals surface area (Å²) in [5.74, 6) is -0.297. The van der Waals surface area contributed by atoms with Gasteiger partial charge in [-0.1, -0.05) is 17.3 Å². The first-order chi connectivity index (χ1) is 8.22. The molecule has 1 aromatic carbocycles. The summed E-state index contributed by atoms with van der Waals surface area (Å²) in [6, 6.07) is 7.28. The molecule has 6 heteroatoms. The van der Waals surface area contributed by atoms with E-state index >= 15 is 0 Å². The average Bonchev–Trinajstić information content (AvgIpc) is 2.78. The zero-order chi connectivity index (χ0) is 12.3. The SMILES string of the molecule is COC(=O)[C@H](C)NCn1nnc2ccccc21. The Morgan fingerprint density at radius 1 is 1.53 bits per heavy atom. The lowest BCUT2D eigenvalue weighted by atomic mass is 10.3. The highest BCUT2D eigenvalue weighted by atomic mass is 16.5. The molecule has 1 atom stereocenters. The molecule has 1 heterocycles. The molecule has 0 spiro atoms. The smallest absolute Gasteiger partial charge is 0.322 e. The molecule has 90 valence electrons. The molecule has 0 radical (unpaired) electrons. The second-order valence-corrected chi connectivity index (χ2v) is 3.68. The quantitative estimate of drug-likeness (QED) is 0.782. The van der Waals surface area contributed by atoms with E-state index in [9.17, 15) is 4.79 Å². The minimum absolute atomic E-state index is 0.297. The number of carbonyl (C=O) groups is 1. The second kappa shape index (κ2) is 4.92. The van der Waals surface area contributed by atoms with E-state index in [1.807, 2.05) is 24.3 Å². The molecule has 2 rings (SSSR count). The summed E-state index contributed by atoms with van der Waals surface area (Å²) >= 11 is 0. The van der Waals surface area contributed by atoms with Gasteiger partial charge in [0.1, 0.15) is 11.6 Å². The van der Waals surface area contributed by atoms with Gasteiger partial charge in [0.2, 0.25) is 0 Å². The van der Waals surface area contributed by atoms with Crippen molar-refractivity contribution in [1.82, 2.24) is 20.3 Å². The number of aromatic nitrogens is 3. The molecule has 6 nitrogen and oxygen atoms in total. The van der Waals surface area contributed by atoms with Gasteiger partial charge >= 0.3 is 5.97 Å². The van der Waals surface area contributed by atoms with Crippen LogP contribution in [0.5, 0.6) is 0 Å². The first-order valence-electron chi connectivity index (χ1n) is 5.32. The summed E-state index contributed by atoms with van der Waals surface area (Å²) in [6.45, 7) is 2.15. The van der Waals surface area contributed by atoms with Crippen LogP contribution in [0.15, 0.2) is 24.3 Å². The summed E-state index contributed by atoms with van der Waals surface area (Å²) in [4.78, 5) is 11.2. The maximum Gasteiger partial charge on any atom is 0.322 e. The van der Waals surface area contributed by atoms with Crippen molar-refractivity contribution >= 4 is 17.0 Å². The molecular weight excluding hydrogens is 220 g/mol. The number of nitrogens with zero attached hydrogens (tertiary/aromatic N) is 3. The standard InChI is InChI=1S/C11H14N4O2/c1-8(11(16)17-2)12-7-15-10-6-4-3-5-9(10)13-14-15/h3-6,8,12H,7H2,1-2H3/t8-/m0/s1. The van der Waals surface area contributed by atoms with Crippen molar-refractivity contribution in [2.45, 2.75) is 19.6 Å². The normalized spacial score (nSPS) is 12.6. The number of methoxy groups -OCH3 is 1. The Morgan fingerprint density at radius 3 is 3.06 bits per heavy atom. The molecule has 2 aromatic rings. The highest BCUT2D eigenvalue weighted by molar-refractivity contribution is 5.75. The van der Waals surface area contributed by atoms with Crippen LogP contribution in [0, 0.1) is 0 Å². The maximum absolute atomic E-state index is 11.2. The topological polar surface area (TPSA) is 69.0 Å². The number of ether oxygens (including phenoxy) is 1. The van der Waals surface area contributed by atoms with Crippen LogP contribution in [0.4, 0.5) is 0 Å². The fraction of sp³-hybridized carbons (Fsp3) is 0.364. The Balaban J connectivity index is 2.07. The average molecular weight is 234 g/mol. The van der Waals surface area contributed by atoms with E-state index < -0.39 is 0 Å². The van der Waals surface area contributed by atoms with Crippen molar-refractivity contribution in [2.75, 3.05) is 7.11 Å². The summed E-state index contributed by atoms with van der Waals surface area (Å²) < 4.78 is 6.33. The number of esters is 1.